The highest BCUT2D eigenvalue weighted by molar-refractivity contribution is 8.03. The van der Waals surface area contributed by atoms with Crippen molar-refractivity contribution in [3.05, 3.63) is 77.0 Å². The zero-order valence-corrected chi connectivity index (χ0v) is 18.6. The lowest BCUT2D eigenvalue weighted by Crippen LogP contribution is -2.62. The van der Waals surface area contributed by atoms with E-state index in [9.17, 15) is 18.8 Å². The minimum Gasteiger partial charge on any atom is -0.325 e. The predicted molar refractivity (Wildman–Crippen MR) is 123 cm³/mol. The Labute approximate surface area is 190 Å². The normalized spacial score (nSPS) is 20.1. The Bertz CT molecular complexity index is 1070. The van der Waals surface area contributed by atoms with Gasteiger partial charge in [-0.15, -0.1) is 11.8 Å². The van der Waals surface area contributed by atoms with Gasteiger partial charge in [0.2, 0.25) is 11.8 Å². The summed E-state index contributed by atoms with van der Waals surface area (Å²) in [4.78, 5) is 41.5. The lowest BCUT2D eigenvalue weighted by Gasteiger charge is -2.40. The van der Waals surface area contributed by atoms with Gasteiger partial charge in [0.1, 0.15) is 17.6 Å². The third kappa shape index (κ3) is 4.55. The van der Waals surface area contributed by atoms with Crippen LogP contribution in [0.15, 0.2) is 60.0 Å². The van der Waals surface area contributed by atoms with Gasteiger partial charge in [0, 0.05) is 5.69 Å². The molecule has 0 aromatic heterocycles. The zero-order valence-electron chi connectivity index (χ0n) is 17.8. The summed E-state index contributed by atoms with van der Waals surface area (Å²) in [5.41, 5.74) is 2.40. The second-order valence-corrected chi connectivity index (χ2v) is 9.22. The van der Waals surface area contributed by atoms with E-state index in [4.69, 9.17) is 0 Å². The lowest BCUT2D eigenvalue weighted by molar-refractivity contribution is -0.132. The van der Waals surface area contributed by atoms with Gasteiger partial charge in [-0.25, -0.2) is 9.18 Å². The summed E-state index contributed by atoms with van der Waals surface area (Å²) in [7, 11) is 0. The topological polar surface area (TPSA) is 69.7 Å². The average molecular weight is 454 g/mol. The molecule has 166 valence electrons. The van der Waals surface area contributed by atoms with Crippen LogP contribution in [-0.4, -0.2) is 45.5 Å². The van der Waals surface area contributed by atoms with E-state index in [1.165, 1.54) is 28.8 Å². The summed E-state index contributed by atoms with van der Waals surface area (Å²) < 4.78 is 13.2. The van der Waals surface area contributed by atoms with Gasteiger partial charge in [0.15, 0.2) is 0 Å². The first kappa shape index (κ1) is 22.1. The van der Waals surface area contributed by atoms with Crippen molar-refractivity contribution in [1.29, 1.82) is 0 Å². The molecule has 2 aromatic rings. The number of halogens is 1. The number of fused-ring (bicyclic) bond motifs is 1. The van der Waals surface area contributed by atoms with E-state index in [1.54, 1.807) is 29.7 Å². The summed E-state index contributed by atoms with van der Waals surface area (Å²) >= 11 is 1.34. The van der Waals surface area contributed by atoms with Crippen LogP contribution in [0.4, 0.5) is 14.9 Å². The molecule has 2 aliphatic rings. The third-order valence-corrected chi connectivity index (χ3v) is 6.65. The van der Waals surface area contributed by atoms with Crippen molar-refractivity contribution in [3.63, 3.8) is 0 Å². The quantitative estimate of drug-likeness (QED) is 0.706. The average Bonchev–Trinajstić information content (AvgIpc) is 3.26. The molecular formula is C24H24FN3O3S. The van der Waals surface area contributed by atoms with E-state index in [0.717, 1.165) is 10.5 Å². The highest BCUT2D eigenvalue weighted by Crippen LogP contribution is 2.35. The maximum absolute atomic E-state index is 13.2. The fourth-order valence-corrected chi connectivity index (χ4v) is 4.88. The summed E-state index contributed by atoms with van der Waals surface area (Å²) in [6.07, 6.45) is 1.78. The molecule has 0 spiro atoms. The zero-order chi connectivity index (χ0) is 22.8. The number of anilines is 1. The number of rotatable bonds is 6. The van der Waals surface area contributed by atoms with Crippen LogP contribution < -0.4 is 5.32 Å². The number of benzene rings is 2. The van der Waals surface area contributed by atoms with E-state index in [0.29, 0.717) is 17.2 Å². The molecule has 1 saturated heterocycles. The van der Waals surface area contributed by atoms with Crippen molar-refractivity contribution in [2.24, 2.45) is 0 Å². The SMILES string of the molecule is CC(C)c1cccc(NC(=O)CN2C(=O)N(Cc3ccc(F)cc3)C(=O)C3SC=CC32)c1. The van der Waals surface area contributed by atoms with Gasteiger partial charge in [-0.3, -0.25) is 14.5 Å². The van der Waals surface area contributed by atoms with Crippen LogP contribution >= 0.6 is 11.8 Å². The van der Waals surface area contributed by atoms with Crippen molar-refractivity contribution in [1.82, 2.24) is 9.80 Å². The molecule has 4 amide bonds. The highest BCUT2D eigenvalue weighted by Gasteiger charge is 2.47. The Balaban J connectivity index is 1.51. The van der Waals surface area contributed by atoms with Gasteiger partial charge in [0.05, 0.1) is 12.6 Å². The summed E-state index contributed by atoms with van der Waals surface area (Å²) in [5, 5.41) is 4.15. The van der Waals surface area contributed by atoms with Gasteiger partial charge in [0.25, 0.3) is 0 Å². The number of amides is 4. The molecule has 32 heavy (non-hydrogen) atoms. The predicted octanol–water partition coefficient (Wildman–Crippen LogP) is 4.35. The van der Waals surface area contributed by atoms with Crippen LogP contribution in [0.3, 0.4) is 0 Å². The minimum absolute atomic E-state index is 0.0241. The molecule has 2 aromatic carbocycles. The molecular weight excluding hydrogens is 429 g/mol. The Kier molecular flexibility index (Phi) is 6.32. The minimum atomic E-state index is -0.529. The third-order valence-electron chi connectivity index (χ3n) is 5.56. The van der Waals surface area contributed by atoms with Gasteiger partial charge >= 0.3 is 6.03 Å². The first-order valence-corrected chi connectivity index (χ1v) is 11.4. The van der Waals surface area contributed by atoms with Gasteiger partial charge < -0.3 is 10.2 Å². The van der Waals surface area contributed by atoms with Crippen molar-refractivity contribution < 1.29 is 18.8 Å². The Hall–Kier alpha value is -3.13. The van der Waals surface area contributed by atoms with E-state index in [-0.39, 0.29) is 30.7 Å². The van der Waals surface area contributed by atoms with Crippen LogP contribution in [0.5, 0.6) is 0 Å². The molecule has 2 aliphatic heterocycles. The fraction of sp³-hybridized carbons (Fsp3) is 0.292. The molecule has 0 radical (unpaired) electrons. The number of thioether (sulfide) groups is 1. The number of nitrogens with one attached hydrogen (secondary N) is 1. The van der Waals surface area contributed by atoms with E-state index < -0.39 is 17.3 Å². The molecule has 0 saturated carbocycles. The van der Waals surface area contributed by atoms with Gasteiger partial charge in [-0.1, -0.05) is 44.2 Å². The van der Waals surface area contributed by atoms with Crippen molar-refractivity contribution >= 4 is 35.3 Å². The molecule has 2 heterocycles. The Morgan fingerprint density at radius 2 is 1.91 bits per heavy atom. The molecule has 1 fully saturated rings. The van der Waals surface area contributed by atoms with E-state index >= 15 is 0 Å². The smallest absolute Gasteiger partial charge is 0.325 e. The maximum Gasteiger partial charge on any atom is 0.328 e. The summed E-state index contributed by atoms with van der Waals surface area (Å²) in [6.45, 7) is 3.99. The van der Waals surface area contributed by atoms with Crippen LogP contribution in [0.1, 0.15) is 30.9 Å². The standard InChI is InChI=1S/C24H24FN3O3S/c1-15(2)17-4-3-5-19(12-17)26-21(29)14-27-20-10-11-32-22(20)23(30)28(24(27)31)13-16-6-8-18(25)9-7-16/h3-12,15,20,22H,13-14H2,1-2H3,(H,26,29). The van der Waals surface area contributed by atoms with Crippen molar-refractivity contribution in [2.75, 3.05) is 11.9 Å². The monoisotopic (exact) mass is 453 g/mol. The summed E-state index contributed by atoms with van der Waals surface area (Å²) in [6, 6.07) is 12.3. The van der Waals surface area contributed by atoms with Crippen molar-refractivity contribution in [3.8, 4) is 0 Å². The molecule has 1 N–H and O–H groups in total. The van der Waals surface area contributed by atoms with Crippen LogP contribution in [0, 0.1) is 5.82 Å². The number of carbonyl (C=O) groups excluding carboxylic acids is 3. The number of carbonyl (C=O) groups is 3. The number of imide groups is 1. The fourth-order valence-electron chi connectivity index (χ4n) is 3.82. The Morgan fingerprint density at radius 1 is 1.16 bits per heavy atom. The number of nitrogens with zero attached hydrogens (tertiary/aromatic N) is 2. The molecule has 2 atom stereocenters. The molecule has 4 rings (SSSR count). The highest BCUT2D eigenvalue weighted by atomic mass is 32.2. The second kappa shape index (κ2) is 9.16. The molecule has 0 bridgehead atoms. The number of urea groups is 1. The van der Waals surface area contributed by atoms with Gasteiger partial charge in [-0.2, -0.15) is 0 Å². The van der Waals surface area contributed by atoms with E-state index in [2.05, 4.69) is 19.2 Å². The first-order chi connectivity index (χ1) is 15.3. The second-order valence-electron chi connectivity index (χ2n) is 8.17. The lowest BCUT2D eigenvalue weighted by atomic mass is 10.0. The molecule has 6 nitrogen and oxygen atoms in total. The number of hydrogen-bond acceptors (Lipinski definition) is 4. The molecule has 8 heteroatoms. The first-order valence-electron chi connectivity index (χ1n) is 10.4. The van der Waals surface area contributed by atoms with E-state index in [1.807, 2.05) is 18.2 Å². The molecule has 0 aliphatic carbocycles. The van der Waals surface area contributed by atoms with Crippen LogP contribution in [0.2, 0.25) is 0 Å². The Morgan fingerprint density at radius 3 is 2.62 bits per heavy atom. The maximum atomic E-state index is 13.2. The largest absolute Gasteiger partial charge is 0.328 e. The number of hydrogen-bond donors (Lipinski definition) is 1. The van der Waals surface area contributed by atoms with Crippen LogP contribution in [-0.2, 0) is 16.1 Å². The summed E-state index contributed by atoms with van der Waals surface area (Å²) in [5.74, 6) is -0.705. The van der Waals surface area contributed by atoms with Crippen LogP contribution in [0.25, 0.3) is 0 Å². The van der Waals surface area contributed by atoms with Crippen molar-refractivity contribution in [2.45, 2.75) is 37.6 Å². The van der Waals surface area contributed by atoms with Gasteiger partial charge in [-0.05, 0) is 46.7 Å². The molecule has 2 unspecified atom stereocenters.